The number of nitrogens with zero attached hydrogens (tertiary/aromatic N) is 1. The van der Waals surface area contributed by atoms with E-state index in [0.29, 0.717) is 16.7 Å². The Morgan fingerprint density at radius 3 is 2.30 bits per heavy atom. The van der Waals surface area contributed by atoms with Gasteiger partial charge in [0.15, 0.2) is 5.76 Å². The van der Waals surface area contributed by atoms with Crippen LogP contribution in [0.25, 0.3) is 22.3 Å². The molecular weight excluding hydrogens is 286 g/mol. The van der Waals surface area contributed by atoms with Gasteiger partial charge in [-0.15, -0.1) is 0 Å². The van der Waals surface area contributed by atoms with E-state index in [1.165, 1.54) is 6.42 Å². The fourth-order valence-corrected chi connectivity index (χ4v) is 3.32. The Morgan fingerprint density at radius 2 is 1.52 bits per heavy atom. The van der Waals surface area contributed by atoms with Crippen molar-refractivity contribution in [1.29, 1.82) is 0 Å². The van der Waals surface area contributed by atoms with Gasteiger partial charge in [0.2, 0.25) is 5.43 Å². The molecule has 0 amide bonds. The highest BCUT2D eigenvalue weighted by Crippen LogP contribution is 2.32. The van der Waals surface area contributed by atoms with Crippen molar-refractivity contribution in [2.45, 2.75) is 19.3 Å². The lowest BCUT2D eigenvalue weighted by Gasteiger charge is -2.29. The number of para-hydroxylation sites is 1. The number of rotatable bonds is 2. The average Bonchev–Trinajstić information content (AvgIpc) is 2.63. The van der Waals surface area contributed by atoms with E-state index in [-0.39, 0.29) is 5.43 Å². The van der Waals surface area contributed by atoms with Gasteiger partial charge in [0.05, 0.1) is 5.39 Å². The molecule has 116 valence electrons. The van der Waals surface area contributed by atoms with Gasteiger partial charge in [-0.25, -0.2) is 0 Å². The molecule has 0 saturated carbocycles. The molecule has 0 bridgehead atoms. The molecule has 0 spiro atoms. The zero-order valence-corrected chi connectivity index (χ0v) is 13.0. The van der Waals surface area contributed by atoms with Gasteiger partial charge in [0, 0.05) is 18.7 Å². The van der Waals surface area contributed by atoms with Gasteiger partial charge < -0.3 is 9.32 Å². The number of fused-ring (bicyclic) bond motifs is 1. The van der Waals surface area contributed by atoms with Crippen molar-refractivity contribution in [3.63, 3.8) is 0 Å². The predicted octanol–water partition coefficient (Wildman–Crippen LogP) is 4.45. The second-order valence-electron chi connectivity index (χ2n) is 6.02. The van der Waals surface area contributed by atoms with Crippen LogP contribution in [0.5, 0.6) is 0 Å². The van der Waals surface area contributed by atoms with Crippen molar-refractivity contribution < 1.29 is 4.42 Å². The van der Waals surface area contributed by atoms with E-state index in [1.54, 1.807) is 0 Å². The first-order valence-corrected chi connectivity index (χ1v) is 8.21. The number of hydrogen-bond donors (Lipinski definition) is 0. The molecule has 0 aliphatic carbocycles. The summed E-state index contributed by atoms with van der Waals surface area (Å²) in [6.45, 7) is 1.84. The highest BCUT2D eigenvalue weighted by atomic mass is 16.3. The molecule has 23 heavy (non-hydrogen) atoms. The zero-order valence-electron chi connectivity index (χ0n) is 13.0. The summed E-state index contributed by atoms with van der Waals surface area (Å²) in [5, 5.41) is 0.660. The van der Waals surface area contributed by atoms with Crippen LogP contribution in [0.1, 0.15) is 19.3 Å². The van der Waals surface area contributed by atoms with Gasteiger partial charge >= 0.3 is 0 Å². The smallest absolute Gasteiger partial charge is 0.216 e. The molecule has 1 aromatic heterocycles. The van der Waals surface area contributed by atoms with Crippen molar-refractivity contribution in [2.75, 3.05) is 18.0 Å². The first kappa shape index (κ1) is 14.1. The minimum absolute atomic E-state index is 0.0765. The fourth-order valence-electron chi connectivity index (χ4n) is 3.32. The Hall–Kier alpha value is -2.55. The number of hydrogen-bond acceptors (Lipinski definition) is 3. The average molecular weight is 305 g/mol. The summed E-state index contributed by atoms with van der Waals surface area (Å²) >= 11 is 0. The van der Waals surface area contributed by atoms with E-state index in [4.69, 9.17) is 4.42 Å². The Labute approximate surface area is 135 Å². The van der Waals surface area contributed by atoms with Gasteiger partial charge in [0.25, 0.3) is 0 Å². The molecule has 0 N–H and O–H groups in total. The van der Waals surface area contributed by atoms with Gasteiger partial charge in [-0.05, 0) is 31.4 Å². The second-order valence-corrected chi connectivity index (χ2v) is 6.02. The van der Waals surface area contributed by atoms with Gasteiger partial charge in [-0.2, -0.15) is 0 Å². The van der Waals surface area contributed by atoms with Crippen molar-refractivity contribution >= 4 is 16.7 Å². The van der Waals surface area contributed by atoms with Crippen molar-refractivity contribution in [3.05, 3.63) is 64.8 Å². The normalized spacial score (nSPS) is 15.0. The molecule has 3 aromatic rings. The largest absolute Gasteiger partial charge is 0.454 e. The summed E-state index contributed by atoms with van der Waals surface area (Å²) in [6, 6.07) is 17.4. The molecular formula is C20H19NO2. The molecule has 0 unspecified atom stereocenters. The Bertz CT molecular complexity index is 877. The first-order chi connectivity index (χ1) is 11.3. The molecule has 3 heteroatoms. The minimum atomic E-state index is 0.0765. The zero-order chi connectivity index (χ0) is 15.6. The number of piperidine rings is 1. The van der Waals surface area contributed by atoms with Crippen LogP contribution in [0.4, 0.5) is 5.69 Å². The maximum absolute atomic E-state index is 13.1. The third-order valence-corrected chi connectivity index (χ3v) is 4.48. The van der Waals surface area contributed by atoms with Gasteiger partial charge in [-0.1, -0.05) is 42.5 Å². The van der Waals surface area contributed by atoms with Crippen molar-refractivity contribution in [1.82, 2.24) is 0 Å². The van der Waals surface area contributed by atoms with Crippen LogP contribution in [0.3, 0.4) is 0 Å². The van der Waals surface area contributed by atoms with Crippen molar-refractivity contribution in [3.8, 4) is 11.3 Å². The van der Waals surface area contributed by atoms with E-state index in [9.17, 15) is 4.79 Å². The maximum atomic E-state index is 13.1. The standard InChI is InChI=1S/C20H19NO2/c22-19-16-11-5-6-12-17(16)23-20(15-9-3-1-4-10-15)18(19)21-13-7-2-8-14-21/h1,3-6,9-12H,2,7-8,13-14H2. The lowest BCUT2D eigenvalue weighted by Crippen LogP contribution is -2.33. The third kappa shape index (κ3) is 2.52. The molecule has 2 aromatic carbocycles. The minimum Gasteiger partial charge on any atom is -0.454 e. The monoisotopic (exact) mass is 305 g/mol. The Balaban J connectivity index is 2.00. The molecule has 4 rings (SSSR count). The molecule has 0 radical (unpaired) electrons. The molecule has 1 saturated heterocycles. The Kier molecular flexibility index (Phi) is 3.62. The summed E-state index contributed by atoms with van der Waals surface area (Å²) in [6.07, 6.45) is 3.48. The third-order valence-electron chi connectivity index (χ3n) is 4.48. The summed E-state index contributed by atoms with van der Waals surface area (Å²) in [5.41, 5.74) is 2.40. The second kappa shape index (κ2) is 5.92. The van der Waals surface area contributed by atoms with Crippen LogP contribution >= 0.6 is 0 Å². The summed E-state index contributed by atoms with van der Waals surface area (Å²) in [7, 11) is 0. The first-order valence-electron chi connectivity index (χ1n) is 8.21. The summed E-state index contributed by atoms with van der Waals surface area (Å²) < 4.78 is 6.17. The molecule has 2 heterocycles. The molecule has 1 aliphatic heterocycles. The molecule has 3 nitrogen and oxygen atoms in total. The van der Waals surface area contributed by atoms with Crippen LogP contribution in [0, 0.1) is 0 Å². The lowest BCUT2D eigenvalue weighted by atomic mass is 10.0. The molecule has 1 aliphatic rings. The predicted molar refractivity (Wildman–Crippen MR) is 94.0 cm³/mol. The van der Waals surface area contributed by atoms with Gasteiger partial charge in [-0.3, -0.25) is 4.79 Å². The topological polar surface area (TPSA) is 33.5 Å². The SMILES string of the molecule is O=c1c(N2CCCCC2)c(-c2ccccc2)oc2ccccc12. The van der Waals surface area contributed by atoms with E-state index in [0.717, 1.165) is 37.2 Å². The molecule has 0 atom stereocenters. The van der Waals surface area contributed by atoms with E-state index in [2.05, 4.69) is 4.90 Å². The van der Waals surface area contributed by atoms with Crippen LogP contribution in [-0.2, 0) is 0 Å². The van der Waals surface area contributed by atoms with Crippen LogP contribution in [0.15, 0.2) is 63.8 Å². The van der Waals surface area contributed by atoms with Crippen molar-refractivity contribution in [2.24, 2.45) is 0 Å². The van der Waals surface area contributed by atoms with Gasteiger partial charge in [0.1, 0.15) is 11.3 Å². The number of benzene rings is 2. The lowest BCUT2D eigenvalue weighted by molar-refractivity contribution is 0.563. The quantitative estimate of drug-likeness (QED) is 0.701. The highest BCUT2D eigenvalue weighted by Gasteiger charge is 2.22. The van der Waals surface area contributed by atoms with Crippen LogP contribution < -0.4 is 10.3 Å². The van der Waals surface area contributed by atoms with E-state index >= 15 is 0 Å². The highest BCUT2D eigenvalue weighted by molar-refractivity contribution is 5.86. The fraction of sp³-hybridized carbons (Fsp3) is 0.250. The van der Waals surface area contributed by atoms with Crippen LogP contribution in [0.2, 0.25) is 0 Å². The van der Waals surface area contributed by atoms with E-state index < -0.39 is 0 Å². The number of anilines is 1. The van der Waals surface area contributed by atoms with E-state index in [1.807, 2.05) is 54.6 Å². The summed E-state index contributed by atoms with van der Waals surface area (Å²) in [4.78, 5) is 15.3. The summed E-state index contributed by atoms with van der Waals surface area (Å²) in [5.74, 6) is 0.691. The maximum Gasteiger partial charge on any atom is 0.216 e. The van der Waals surface area contributed by atoms with Crippen LogP contribution in [-0.4, -0.2) is 13.1 Å². The molecule has 1 fully saturated rings. The Morgan fingerprint density at radius 1 is 0.826 bits per heavy atom.